The molecule has 20 heavy (non-hydrogen) atoms. The molecule has 3 aliphatic carbocycles. The zero-order valence-corrected chi connectivity index (χ0v) is 12.5. The third-order valence-corrected chi connectivity index (χ3v) is 6.19. The van der Waals surface area contributed by atoms with Gasteiger partial charge in [0, 0.05) is 5.92 Å². The standard InChI is InChI=1S/C17H26N2O/c1-2-12-5-7-17(11-18,8-6-12)19-16(20)15-10-13-3-4-14(15)9-13/h12-15H,2-10H2,1H3,(H,19,20). The number of carbonyl (C=O) groups excluding carboxylic acids is 1. The van der Waals surface area contributed by atoms with Crippen molar-refractivity contribution >= 4 is 5.91 Å². The van der Waals surface area contributed by atoms with E-state index in [1.165, 1.54) is 25.7 Å². The van der Waals surface area contributed by atoms with Crippen molar-refractivity contribution in [2.24, 2.45) is 23.7 Å². The van der Waals surface area contributed by atoms with Crippen LogP contribution in [0.25, 0.3) is 0 Å². The van der Waals surface area contributed by atoms with E-state index >= 15 is 0 Å². The third kappa shape index (κ3) is 2.45. The Morgan fingerprint density at radius 1 is 1.25 bits per heavy atom. The first-order chi connectivity index (χ1) is 9.65. The molecule has 1 N–H and O–H groups in total. The van der Waals surface area contributed by atoms with Gasteiger partial charge in [0.2, 0.25) is 5.91 Å². The van der Waals surface area contributed by atoms with E-state index in [4.69, 9.17) is 0 Å². The molecule has 3 fully saturated rings. The van der Waals surface area contributed by atoms with Crippen LogP contribution in [-0.2, 0) is 4.79 Å². The Bertz CT molecular complexity index is 417. The van der Waals surface area contributed by atoms with Gasteiger partial charge in [0.25, 0.3) is 0 Å². The molecule has 3 rings (SSSR count). The van der Waals surface area contributed by atoms with Crippen molar-refractivity contribution < 1.29 is 4.79 Å². The predicted octanol–water partition coefficient (Wildman–Crippen LogP) is 3.40. The monoisotopic (exact) mass is 274 g/mol. The Kier molecular flexibility index (Phi) is 3.75. The summed E-state index contributed by atoms with van der Waals surface area (Å²) in [6.45, 7) is 2.22. The molecular weight excluding hydrogens is 248 g/mol. The first-order valence-electron chi connectivity index (χ1n) is 8.39. The van der Waals surface area contributed by atoms with Crippen molar-refractivity contribution in [2.45, 2.75) is 70.3 Å². The Morgan fingerprint density at radius 2 is 2.00 bits per heavy atom. The highest BCUT2D eigenvalue weighted by Gasteiger charge is 2.45. The summed E-state index contributed by atoms with van der Waals surface area (Å²) < 4.78 is 0. The van der Waals surface area contributed by atoms with Crippen LogP contribution in [0.3, 0.4) is 0 Å². The van der Waals surface area contributed by atoms with Crippen molar-refractivity contribution in [3.63, 3.8) is 0 Å². The summed E-state index contributed by atoms with van der Waals surface area (Å²) in [7, 11) is 0. The summed E-state index contributed by atoms with van der Waals surface area (Å²) in [6, 6.07) is 2.43. The summed E-state index contributed by atoms with van der Waals surface area (Å²) in [4.78, 5) is 12.6. The van der Waals surface area contributed by atoms with Crippen LogP contribution in [0.4, 0.5) is 0 Å². The zero-order chi connectivity index (χ0) is 14.2. The van der Waals surface area contributed by atoms with Gasteiger partial charge in [0.15, 0.2) is 0 Å². The molecule has 3 heteroatoms. The quantitative estimate of drug-likeness (QED) is 0.857. The van der Waals surface area contributed by atoms with E-state index in [1.807, 2.05) is 0 Å². The molecule has 0 radical (unpaired) electrons. The van der Waals surface area contributed by atoms with Gasteiger partial charge in [-0.15, -0.1) is 0 Å². The van der Waals surface area contributed by atoms with E-state index in [2.05, 4.69) is 18.3 Å². The largest absolute Gasteiger partial charge is 0.338 e. The van der Waals surface area contributed by atoms with Gasteiger partial charge in [-0.25, -0.2) is 0 Å². The Balaban J connectivity index is 1.61. The summed E-state index contributed by atoms with van der Waals surface area (Å²) in [6.07, 6.45) is 9.90. The molecule has 0 aromatic heterocycles. The number of amides is 1. The Hall–Kier alpha value is -1.04. The number of hydrogen-bond acceptors (Lipinski definition) is 2. The van der Waals surface area contributed by atoms with E-state index in [0.717, 1.165) is 43.9 Å². The lowest BCUT2D eigenvalue weighted by Crippen LogP contribution is -2.52. The smallest absolute Gasteiger partial charge is 0.224 e. The molecule has 0 saturated heterocycles. The molecule has 0 heterocycles. The van der Waals surface area contributed by atoms with Crippen molar-refractivity contribution in [2.75, 3.05) is 0 Å². The van der Waals surface area contributed by atoms with Crippen LogP contribution in [0.15, 0.2) is 0 Å². The topological polar surface area (TPSA) is 52.9 Å². The number of nitrogens with one attached hydrogen (secondary N) is 1. The fourth-order valence-corrected chi connectivity index (χ4v) is 4.74. The van der Waals surface area contributed by atoms with Crippen molar-refractivity contribution in [3.8, 4) is 6.07 Å². The number of rotatable bonds is 3. The molecule has 3 unspecified atom stereocenters. The summed E-state index contributed by atoms with van der Waals surface area (Å²) in [5.74, 6) is 2.50. The minimum absolute atomic E-state index is 0.175. The second-order valence-corrected chi connectivity index (χ2v) is 7.32. The van der Waals surface area contributed by atoms with Crippen LogP contribution in [0, 0.1) is 35.0 Å². The van der Waals surface area contributed by atoms with Gasteiger partial charge in [-0.05, 0) is 62.7 Å². The van der Waals surface area contributed by atoms with Gasteiger partial charge in [-0.2, -0.15) is 5.26 Å². The van der Waals surface area contributed by atoms with Gasteiger partial charge in [-0.1, -0.05) is 19.8 Å². The predicted molar refractivity (Wildman–Crippen MR) is 77.7 cm³/mol. The molecular formula is C17H26N2O. The number of carbonyl (C=O) groups is 1. The lowest BCUT2D eigenvalue weighted by Gasteiger charge is -2.36. The lowest BCUT2D eigenvalue weighted by molar-refractivity contribution is -0.128. The van der Waals surface area contributed by atoms with Crippen molar-refractivity contribution in [3.05, 3.63) is 0 Å². The average molecular weight is 274 g/mol. The van der Waals surface area contributed by atoms with Crippen LogP contribution in [0.1, 0.15) is 64.7 Å². The maximum Gasteiger partial charge on any atom is 0.224 e. The van der Waals surface area contributed by atoms with E-state index in [-0.39, 0.29) is 11.8 Å². The average Bonchev–Trinajstić information content (AvgIpc) is 3.11. The van der Waals surface area contributed by atoms with Gasteiger partial charge in [0.05, 0.1) is 6.07 Å². The Labute approximate surface area is 122 Å². The molecule has 3 aliphatic rings. The van der Waals surface area contributed by atoms with E-state index in [0.29, 0.717) is 5.92 Å². The fraction of sp³-hybridized carbons (Fsp3) is 0.882. The van der Waals surface area contributed by atoms with Crippen LogP contribution >= 0.6 is 0 Å². The van der Waals surface area contributed by atoms with Crippen LogP contribution in [0.2, 0.25) is 0 Å². The number of hydrogen-bond donors (Lipinski definition) is 1. The summed E-state index contributed by atoms with van der Waals surface area (Å²) in [5.41, 5.74) is -0.565. The maximum atomic E-state index is 12.6. The molecule has 2 bridgehead atoms. The van der Waals surface area contributed by atoms with Gasteiger partial charge >= 0.3 is 0 Å². The van der Waals surface area contributed by atoms with E-state index in [9.17, 15) is 10.1 Å². The lowest BCUT2D eigenvalue weighted by atomic mass is 9.76. The molecule has 0 aromatic carbocycles. The van der Waals surface area contributed by atoms with Crippen LogP contribution in [0.5, 0.6) is 0 Å². The minimum Gasteiger partial charge on any atom is -0.338 e. The first kappa shape index (κ1) is 13.9. The highest BCUT2D eigenvalue weighted by molar-refractivity contribution is 5.80. The number of nitriles is 1. The van der Waals surface area contributed by atoms with Gasteiger partial charge in [0.1, 0.15) is 5.54 Å². The normalized spacial score (nSPS) is 43.2. The molecule has 110 valence electrons. The van der Waals surface area contributed by atoms with E-state index in [1.54, 1.807) is 0 Å². The Morgan fingerprint density at radius 3 is 2.50 bits per heavy atom. The van der Waals surface area contributed by atoms with Crippen molar-refractivity contribution in [1.29, 1.82) is 5.26 Å². The molecule has 1 amide bonds. The second kappa shape index (κ2) is 5.39. The van der Waals surface area contributed by atoms with E-state index < -0.39 is 5.54 Å². The molecule has 3 nitrogen and oxygen atoms in total. The first-order valence-corrected chi connectivity index (χ1v) is 8.39. The summed E-state index contributed by atoms with van der Waals surface area (Å²) in [5, 5.41) is 12.7. The fourth-order valence-electron chi connectivity index (χ4n) is 4.74. The van der Waals surface area contributed by atoms with Crippen LogP contribution < -0.4 is 5.32 Å². The maximum absolute atomic E-state index is 12.6. The molecule has 0 spiro atoms. The number of nitrogens with zero attached hydrogens (tertiary/aromatic N) is 1. The van der Waals surface area contributed by atoms with Gasteiger partial charge in [-0.3, -0.25) is 4.79 Å². The number of fused-ring (bicyclic) bond motifs is 2. The molecule has 0 aliphatic heterocycles. The minimum atomic E-state index is -0.565. The highest BCUT2D eigenvalue weighted by atomic mass is 16.2. The summed E-state index contributed by atoms with van der Waals surface area (Å²) >= 11 is 0. The highest BCUT2D eigenvalue weighted by Crippen LogP contribution is 2.48. The molecule has 3 saturated carbocycles. The second-order valence-electron chi connectivity index (χ2n) is 7.32. The SMILES string of the molecule is CCC1CCC(C#N)(NC(=O)C2CC3CCC2C3)CC1. The van der Waals surface area contributed by atoms with Crippen molar-refractivity contribution in [1.82, 2.24) is 5.32 Å². The molecule has 0 aromatic rings. The van der Waals surface area contributed by atoms with Crippen LogP contribution in [-0.4, -0.2) is 11.4 Å². The third-order valence-electron chi connectivity index (χ3n) is 6.19. The molecule has 3 atom stereocenters. The van der Waals surface area contributed by atoms with Gasteiger partial charge < -0.3 is 5.32 Å². The zero-order valence-electron chi connectivity index (χ0n) is 12.5.